The van der Waals surface area contributed by atoms with Crippen molar-refractivity contribution in [2.24, 2.45) is 0 Å². The number of fused-ring (bicyclic) bond motifs is 22. The van der Waals surface area contributed by atoms with Crippen LogP contribution in [0.3, 0.4) is 0 Å². The lowest BCUT2D eigenvalue weighted by molar-refractivity contribution is 0.631. The van der Waals surface area contributed by atoms with Gasteiger partial charge in [0.05, 0.1) is 66.9 Å². The van der Waals surface area contributed by atoms with Crippen molar-refractivity contribution in [1.29, 1.82) is 0 Å². The van der Waals surface area contributed by atoms with Crippen LogP contribution >= 0.6 is 0 Å². The Morgan fingerprint density at radius 3 is 0.578 bits per heavy atom. The van der Waals surface area contributed by atoms with Crippen molar-refractivity contribution in [3.05, 3.63) is 350 Å². The van der Waals surface area contributed by atoms with E-state index in [1.54, 1.807) is 0 Å². The van der Waals surface area contributed by atoms with Gasteiger partial charge in [-0.3, -0.25) is 0 Å². The minimum atomic E-state index is -0.441. The summed E-state index contributed by atoms with van der Waals surface area (Å²) in [6.07, 6.45) is 0. The Labute approximate surface area is 589 Å². The van der Waals surface area contributed by atoms with Crippen LogP contribution in [-0.4, -0.2) is 18.3 Å². The quantitative estimate of drug-likeness (QED) is 0.155. The lowest BCUT2D eigenvalue weighted by Crippen LogP contribution is -2.31. The highest BCUT2D eigenvalue weighted by atomic mass is 15.2. The van der Waals surface area contributed by atoms with Gasteiger partial charge in [0.1, 0.15) is 0 Å². The molecule has 0 saturated carbocycles. The van der Waals surface area contributed by atoms with Crippen LogP contribution in [0, 0.1) is 0 Å². The van der Waals surface area contributed by atoms with Gasteiger partial charge in [-0.2, -0.15) is 0 Å². The fourth-order valence-electron chi connectivity index (χ4n) is 18.6. The second-order valence-corrected chi connectivity index (χ2v) is 29.2. The summed E-state index contributed by atoms with van der Waals surface area (Å²) in [6.45, 7) is 9.74. The number of para-hydroxylation sites is 8. The summed E-state index contributed by atoms with van der Waals surface area (Å²) in [5, 5.41) is 17.3. The molecule has 0 saturated heterocycles. The molecule has 102 heavy (non-hydrogen) atoms. The van der Waals surface area contributed by atoms with Crippen LogP contribution in [0.15, 0.2) is 328 Å². The monoisotopic (exact) mass is 1300 g/mol. The van der Waals surface area contributed by atoms with Gasteiger partial charge in [0, 0.05) is 88.0 Å². The Kier molecular flexibility index (Phi) is 11.7. The van der Waals surface area contributed by atoms with E-state index in [4.69, 9.17) is 0 Å². The van der Waals surface area contributed by atoms with E-state index >= 15 is 0 Å². The molecule has 0 bridgehead atoms. The maximum absolute atomic E-state index is 2.56. The van der Waals surface area contributed by atoms with Crippen molar-refractivity contribution >= 4 is 154 Å². The van der Waals surface area contributed by atoms with E-state index in [1.165, 1.54) is 142 Å². The van der Waals surface area contributed by atoms with Crippen LogP contribution in [0.5, 0.6) is 0 Å². The lowest BCUT2D eigenvalue weighted by Gasteiger charge is -2.43. The number of hydrogen-bond donors (Lipinski definition) is 0. The number of rotatable bonds is 6. The average Bonchev–Trinajstić information content (AvgIpc) is 0.962. The molecule has 0 atom stereocenters. The highest BCUT2D eigenvalue weighted by Gasteiger charge is 2.41. The van der Waals surface area contributed by atoms with E-state index in [0.29, 0.717) is 0 Å². The molecule has 480 valence electrons. The molecule has 0 fully saturated rings. The maximum atomic E-state index is 2.56. The van der Waals surface area contributed by atoms with E-state index in [9.17, 15) is 0 Å². The summed E-state index contributed by atoms with van der Waals surface area (Å²) in [7, 11) is 0. The van der Waals surface area contributed by atoms with Gasteiger partial charge in [0.25, 0.3) is 0 Å². The maximum Gasteiger partial charge on any atom is 0.0541 e. The standard InChI is InChI=1S/C96H66N6/c1-95(2)79-55-61(97-83-33-15-7-25-69(83)70-26-8-16-34-84(70)97)43-49-91(79)101(92-50-44-62(56-80(92)95)98-85-35-17-9-27-71(85)72-28-10-18-36-86(72)98)59-41-47-67-65-23-5-6-24-66(65)68-48-42-60(54-78(68)77(67)53-59)102-93-51-45-63(99-87-37-19-11-29-73(87)74-30-12-20-38-88(74)99)57-81(93)96(3,4)82-58-64(46-52-94(82)102)100-89-39-21-13-31-75(89)76-32-14-22-40-90(76)100/h5-58H,1-4H3. The number of nitrogens with zero attached hydrogens (tertiary/aromatic N) is 6. The predicted molar refractivity (Wildman–Crippen MR) is 430 cm³/mol. The zero-order valence-electron chi connectivity index (χ0n) is 56.9. The molecule has 2 aliphatic heterocycles. The van der Waals surface area contributed by atoms with Gasteiger partial charge in [-0.1, -0.05) is 210 Å². The van der Waals surface area contributed by atoms with E-state index in [2.05, 4.69) is 383 Å². The fraction of sp³-hybridized carbons (Fsp3) is 0.0625. The third-order valence-corrected chi connectivity index (χ3v) is 23.3. The molecule has 22 rings (SSSR count). The summed E-state index contributed by atoms with van der Waals surface area (Å²) in [4.78, 5) is 5.13. The Morgan fingerprint density at radius 1 is 0.167 bits per heavy atom. The van der Waals surface area contributed by atoms with Crippen molar-refractivity contribution in [3.63, 3.8) is 0 Å². The molecular weight excluding hydrogens is 1240 g/mol. The van der Waals surface area contributed by atoms with Crippen LogP contribution < -0.4 is 9.80 Å². The van der Waals surface area contributed by atoms with Gasteiger partial charge in [-0.25, -0.2) is 0 Å². The number of anilines is 6. The van der Waals surface area contributed by atoms with Crippen LogP contribution in [0.1, 0.15) is 49.9 Å². The highest BCUT2D eigenvalue weighted by Crippen LogP contribution is 2.57. The van der Waals surface area contributed by atoms with Gasteiger partial charge in [0.2, 0.25) is 0 Å². The van der Waals surface area contributed by atoms with Crippen LogP contribution in [0.2, 0.25) is 0 Å². The zero-order valence-corrected chi connectivity index (χ0v) is 56.9. The van der Waals surface area contributed by atoms with Crippen LogP contribution in [0.4, 0.5) is 34.1 Å². The predicted octanol–water partition coefficient (Wildman–Crippen LogP) is 25.8. The van der Waals surface area contributed by atoms with Crippen LogP contribution in [-0.2, 0) is 10.8 Å². The first-order valence-electron chi connectivity index (χ1n) is 35.6. The van der Waals surface area contributed by atoms with E-state index in [-0.39, 0.29) is 0 Å². The van der Waals surface area contributed by atoms with Gasteiger partial charge in [-0.05, 0) is 200 Å². The molecule has 16 aromatic carbocycles. The third-order valence-electron chi connectivity index (χ3n) is 23.3. The first-order chi connectivity index (χ1) is 50.1. The number of aromatic nitrogens is 4. The van der Waals surface area contributed by atoms with E-state index in [0.717, 1.165) is 56.9 Å². The molecule has 6 heterocycles. The second kappa shape index (κ2) is 20.8. The summed E-state index contributed by atoms with van der Waals surface area (Å²) >= 11 is 0. The smallest absolute Gasteiger partial charge is 0.0541 e. The molecule has 6 nitrogen and oxygen atoms in total. The van der Waals surface area contributed by atoms with Gasteiger partial charge in [0.15, 0.2) is 0 Å². The molecule has 6 heteroatoms. The molecular formula is C96H66N6. The molecule has 20 aromatic rings. The largest absolute Gasteiger partial charge is 0.310 e. The summed E-state index contributed by atoms with van der Waals surface area (Å²) < 4.78 is 9.87. The van der Waals surface area contributed by atoms with Crippen molar-refractivity contribution in [1.82, 2.24) is 18.3 Å². The zero-order chi connectivity index (χ0) is 67.4. The van der Waals surface area contributed by atoms with Crippen molar-refractivity contribution in [2.45, 2.75) is 38.5 Å². The van der Waals surface area contributed by atoms with Gasteiger partial charge in [-0.15, -0.1) is 0 Å². The average molecular weight is 1300 g/mol. The molecule has 0 radical (unpaired) electrons. The minimum absolute atomic E-state index is 0.441. The molecule has 0 N–H and O–H groups in total. The summed E-state index contributed by atoms with van der Waals surface area (Å²) in [5.74, 6) is 0. The Morgan fingerprint density at radius 2 is 0.353 bits per heavy atom. The summed E-state index contributed by atoms with van der Waals surface area (Å²) in [6, 6.07) is 123. The molecule has 4 aromatic heterocycles. The molecule has 0 aliphatic carbocycles. The van der Waals surface area contributed by atoms with E-state index < -0.39 is 10.8 Å². The van der Waals surface area contributed by atoms with Crippen molar-refractivity contribution in [3.8, 4) is 22.7 Å². The van der Waals surface area contributed by atoms with Crippen LogP contribution in [0.25, 0.3) is 142 Å². The first kappa shape index (κ1) is 57.0. The lowest BCUT2D eigenvalue weighted by atomic mass is 9.73. The van der Waals surface area contributed by atoms with Crippen molar-refractivity contribution in [2.75, 3.05) is 9.80 Å². The normalized spacial score (nSPS) is 14.0. The molecule has 2 aliphatic rings. The topological polar surface area (TPSA) is 26.2 Å². The molecule has 0 spiro atoms. The Bertz CT molecular complexity index is 6080. The Hall–Kier alpha value is -12.9. The molecule has 0 unspecified atom stereocenters. The van der Waals surface area contributed by atoms with Gasteiger partial charge < -0.3 is 28.1 Å². The number of hydrogen-bond acceptors (Lipinski definition) is 2. The first-order valence-corrected chi connectivity index (χ1v) is 35.6. The van der Waals surface area contributed by atoms with E-state index in [1.807, 2.05) is 0 Å². The Balaban J connectivity index is 0.776. The third kappa shape index (κ3) is 7.78. The molecule has 0 amide bonds. The van der Waals surface area contributed by atoms with Gasteiger partial charge >= 0.3 is 0 Å². The fourth-order valence-corrected chi connectivity index (χ4v) is 18.6. The van der Waals surface area contributed by atoms with Crippen molar-refractivity contribution < 1.29 is 0 Å². The summed E-state index contributed by atoms with van der Waals surface area (Å²) in [5.41, 5.74) is 25.1. The number of benzene rings is 16. The minimum Gasteiger partial charge on any atom is -0.310 e. The second-order valence-electron chi connectivity index (χ2n) is 29.2. The highest BCUT2D eigenvalue weighted by molar-refractivity contribution is 6.27. The SMILES string of the molecule is CC1(C)c2cc(-n3c4ccccc4c4ccccc43)ccc2N(c2ccc3c4ccccc4c4ccc(N5c6ccc(-n7c8ccccc8c8ccccc87)cc6C(C)(C)c6cc(-n7c8ccccc8c8ccccc87)ccc65)cc4c3c2)c2ccc(-n3c4ccccc4c4ccccc43)cc21.